The molecule has 1 aliphatic carbocycles. The molecule has 4 heteroatoms. The van der Waals surface area contributed by atoms with E-state index in [1.54, 1.807) is 6.20 Å². The van der Waals surface area contributed by atoms with Crippen LogP contribution in [0.1, 0.15) is 32.6 Å². The van der Waals surface area contributed by atoms with Gasteiger partial charge < -0.3 is 4.85 Å². The molecular formula is C16H19N4+. The minimum absolute atomic E-state index is 0.301. The average Bonchev–Trinajstić information content (AvgIpc) is 3.07. The third-order valence-electron chi connectivity index (χ3n) is 4.23. The number of nitrogens with zero attached hydrogens (tertiary/aromatic N) is 4. The van der Waals surface area contributed by atoms with Crippen molar-refractivity contribution in [1.82, 2.24) is 9.67 Å². The Labute approximate surface area is 119 Å². The SMILES string of the molecule is [C-]#[N+]c1cc[n+](-c2ccccn2)n1CC1(C)CCCC1. The van der Waals surface area contributed by atoms with Crippen LogP contribution in [0, 0.1) is 12.0 Å². The lowest BCUT2D eigenvalue weighted by molar-refractivity contribution is -0.688. The second-order valence-electron chi connectivity index (χ2n) is 5.89. The molecule has 20 heavy (non-hydrogen) atoms. The zero-order chi connectivity index (χ0) is 14.0. The van der Waals surface area contributed by atoms with E-state index >= 15 is 0 Å². The Morgan fingerprint density at radius 1 is 1.35 bits per heavy atom. The molecular weight excluding hydrogens is 248 g/mol. The van der Waals surface area contributed by atoms with E-state index in [0.717, 1.165) is 12.4 Å². The second-order valence-corrected chi connectivity index (χ2v) is 5.89. The molecule has 3 rings (SSSR count). The minimum Gasteiger partial charge on any atom is -0.361 e. The molecule has 1 aliphatic rings. The second kappa shape index (κ2) is 5.09. The van der Waals surface area contributed by atoms with Crippen LogP contribution in [-0.4, -0.2) is 9.67 Å². The van der Waals surface area contributed by atoms with E-state index in [0.29, 0.717) is 11.2 Å². The minimum atomic E-state index is 0.301. The van der Waals surface area contributed by atoms with Crippen LogP contribution in [0.2, 0.25) is 0 Å². The summed E-state index contributed by atoms with van der Waals surface area (Å²) in [6.45, 7) is 10.6. The Morgan fingerprint density at radius 3 is 2.80 bits per heavy atom. The third-order valence-corrected chi connectivity index (χ3v) is 4.23. The summed E-state index contributed by atoms with van der Waals surface area (Å²) in [6, 6.07) is 7.73. The Balaban J connectivity index is 2.00. The van der Waals surface area contributed by atoms with Crippen molar-refractivity contribution in [2.75, 3.05) is 0 Å². The van der Waals surface area contributed by atoms with E-state index in [-0.39, 0.29) is 0 Å². The van der Waals surface area contributed by atoms with Gasteiger partial charge in [0.15, 0.2) is 0 Å². The molecule has 0 radical (unpaired) electrons. The van der Waals surface area contributed by atoms with Gasteiger partial charge in [0, 0.05) is 17.5 Å². The fourth-order valence-electron chi connectivity index (χ4n) is 3.10. The summed E-state index contributed by atoms with van der Waals surface area (Å²) in [5, 5.41) is 0. The van der Waals surface area contributed by atoms with Gasteiger partial charge in [-0.25, -0.2) is 0 Å². The van der Waals surface area contributed by atoms with E-state index in [2.05, 4.69) is 21.4 Å². The summed E-state index contributed by atoms with van der Waals surface area (Å²) in [5.41, 5.74) is 0.301. The number of hydrogen-bond acceptors (Lipinski definition) is 1. The molecule has 4 nitrogen and oxygen atoms in total. The quantitative estimate of drug-likeness (QED) is 0.619. The van der Waals surface area contributed by atoms with Crippen molar-refractivity contribution in [1.29, 1.82) is 0 Å². The van der Waals surface area contributed by atoms with Crippen molar-refractivity contribution in [2.24, 2.45) is 5.41 Å². The Kier molecular flexibility index (Phi) is 3.27. The van der Waals surface area contributed by atoms with Crippen LogP contribution in [0.3, 0.4) is 0 Å². The number of pyridine rings is 1. The molecule has 0 spiro atoms. The van der Waals surface area contributed by atoms with Crippen LogP contribution in [0.25, 0.3) is 10.7 Å². The van der Waals surface area contributed by atoms with Crippen molar-refractivity contribution in [3.8, 4) is 5.82 Å². The fourth-order valence-corrected chi connectivity index (χ4v) is 3.10. The summed E-state index contributed by atoms with van der Waals surface area (Å²) in [7, 11) is 0. The summed E-state index contributed by atoms with van der Waals surface area (Å²) in [4.78, 5) is 8.05. The monoisotopic (exact) mass is 267 g/mol. The van der Waals surface area contributed by atoms with Crippen LogP contribution in [0.5, 0.6) is 0 Å². The molecule has 0 bridgehead atoms. The maximum atomic E-state index is 7.37. The highest BCUT2D eigenvalue weighted by Crippen LogP contribution is 2.39. The van der Waals surface area contributed by atoms with Crippen LogP contribution >= 0.6 is 0 Å². The van der Waals surface area contributed by atoms with Crippen molar-refractivity contribution in [2.45, 2.75) is 39.2 Å². The topological polar surface area (TPSA) is 26.1 Å². The van der Waals surface area contributed by atoms with Gasteiger partial charge in [0.2, 0.25) is 0 Å². The highest BCUT2D eigenvalue weighted by atomic mass is 15.4. The summed E-state index contributed by atoms with van der Waals surface area (Å²) in [6.07, 6.45) is 8.81. The lowest BCUT2D eigenvalue weighted by atomic mass is 9.89. The lowest BCUT2D eigenvalue weighted by Crippen LogP contribution is -2.43. The molecule has 0 saturated heterocycles. The van der Waals surface area contributed by atoms with Gasteiger partial charge in [0.1, 0.15) is 18.9 Å². The largest absolute Gasteiger partial charge is 0.361 e. The molecule has 0 aromatic carbocycles. The molecule has 0 atom stereocenters. The van der Waals surface area contributed by atoms with Gasteiger partial charge in [0.05, 0.1) is 0 Å². The first-order valence-electron chi connectivity index (χ1n) is 7.12. The molecule has 0 amide bonds. The number of rotatable bonds is 3. The maximum absolute atomic E-state index is 7.37. The predicted octanol–water partition coefficient (Wildman–Crippen LogP) is 3.29. The van der Waals surface area contributed by atoms with Gasteiger partial charge in [0.25, 0.3) is 5.82 Å². The average molecular weight is 267 g/mol. The Morgan fingerprint density at radius 2 is 2.15 bits per heavy atom. The molecule has 0 aliphatic heterocycles. The Bertz CT molecular complexity index is 630. The van der Waals surface area contributed by atoms with Crippen molar-refractivity contribution in [3.05, 3.63) is 48.1 Å². The molecule has 2 aromatic rings. The molecule has 102 valence electrons. The van der Waals surface area contributed by atoms with Crippen LogP contribution in [-0.2, 0) is 6.54 Å². The first-order valence-corrected chi connectivity index (χ1v) is 7.12. The number of hydrogen-bond donors (Lipinski definition) is 0. The standard InChI is InChI=1S/C16H19N4/c1-16(9-4-5-10-16)13-20-14(17-2)8-12-19(20)15-7-3-6-11-18-15/h3,6-8,11-12H,4-5,9-10,13H2,1H3/q+1. The molecule has 1 fully saturated rings. The summed E-state index contributed by atoms with van der Waals surface area (Å²) >= 11 is 0. The van der Waals surface area contributed by atoms with Gasteiger partial charge in [-0.05, 0) is 23.9 Å². The van der Waals surface area contributed by atoms with Gasteiger partial charge in [-0.2, -0.15) is 0 Å². The van der Waals surface area contributed by atoms with Crippen LogP contribution < -0.4 is 4.68 Å². The van der Waals surface area contributed by atoms with E-state index in [4.69, 9.17) is 6.57 Å². The first kappa shape index (κ1) is 12.9. The van der Waals surface area contributed by atoms with Gasteiger partial charge >= 0.3 is 5.82 Å². The highest BCUT2D eigenvalue weighted by molar-refractivity contribution is 5.33. The van der Waals surface area contributed by atoms with Gasteiger partial charge in [-0.15, -0.1) is 4.68 Å². The van der Waals surface area contributed by atoms with E-state index in [1.165, 1.54) is 25.7 Å². The van der Waals surface area contributed by atoms with Crippen LogP contribution in [0.4, 0.5) is 5.82 Å². The molecule has 2 heterocycles. The first-order chi connectivity index (χ1) is 9.72. The molecule has 0 N–H and O–H groups in total. The van der Waals surface area contributed by atoms with Crippen molar-refractivity contribution < 1.29 is 4.68 Å². The van der Waals surface area contributed by atoms with Gasteiger partial charge in [-0.1, -0.05) is 37.1 Å². The normalized spacial score (nSPS) is 17.0. The van der Waals surface area contributed by atoms with Crippen LogP contribution in [0.15, 0.2) is 36.7 Å². The zero-order valence-corrected chi connectivity index (χ0v) is 11.8. The van der Waals surface area contributed by atoms with Crippen molar-refractivity contribution in [3.63, 3.8) is 0 Å². The smallest absolute Gasteiger partial charge is 0.361 e. The zero-order valence-electron chi connectivity index (χ0n) is 11.8. The molecule has 0 unspecified atom stereocenters. The molecule has 1 saturated carbocycles. The van der Waals surface area contributed by atoms with E-state index < -0.39 is 0 Å². The Hall–Kier alpha value is -2.15. The predicted molar refractivity (Wildman–Crippen MR) is 76.6 cm³/mol. The third kappa shape index (κ3) is 2.32. The molecule has 2 aromatic heterocycles. The summed E-state index contributed by atoms with van der Waals surface area (Å²) < 4.78 is 4.07. The van der Waals surface area contributed by atoms with E-state index in [9.17, 15) is 0 Å². The highest BCUT2D eigenvalue weighted by Gasteiger charge is 2.34. The lowest BCUT2D eigenvalue weighted by Gasteiger charge is -2.21. The maximum Gasteiger partial charge on any atom is 0.361 e. The summed E-state index contributed by atoms with van der Waals surface area (Å²) in [5.74, 6) is 1.55. The van der Waals surface area contributed by atoms with Crippen molar-refractivity contribution >= 4 is 5.82 Å². The fraction of sp³-hybridized carbons (Fsp3) is 0.438. The number of aromatic nitrogens is 3. The van der Waals surface area contributed by atoms with E-state index in [1.807, 2.05) is 35.1 Å². The van der Waals surface area contributed by atoms with Gasteiger partial charge in [-0.3, -0.25) is 0 Å².